The van der Waals surface area contributed by atoms with Crippen LogP contribution >= 0.6 is 11.6 Å². The Morgan fingerprint density at radius 2 is 1.87 bits per heavy atom. The number of Topliss-reactive ketones (excluding diaryl/α,β-unsaturated/α-hetero) is 1. The van der Waals surface area contributed by atoms with Crippen molar-refractivity contribution in [2.24, 2.45) is 0 Å². The van der Waals surface area contributed by atoms with Crippen molar-refractivity contribution in [2.45, 2.75) is 31.9 Å². The van der Waals surface area contributed by atoms with E-state index >= 15 is 0 Å². The number of halogens is 1. The van der Waals surface area contributed by atoms with Gasteiger partial charge in [-0.3, -0.25) is 4.79 Å². The molecule has 0 saturated carbocycles. The number of aliphatic hydroxyl groups is 1. The zero-order valence-corrected chi connectivity index (χ0v) is 17.2. The van der Waals surface area contributed by atoms with Crippen LogP contribution in [0.4, 0.5) is 11.4 Å². The topological polar surface area (TPSA) is 91.5 Å². The summed E-state index contributed by atoms with van der Waals surface area (Å²) in [6, 6.07) is 11.7. The van der Waals surface area contributed by atoms with Gasteiger partial charge < -0.3 is 15.3 Å². The van der Waals surface area contributed by atoms with Crippen LogP contribution in [0.5, 0.6) is 0 Å². The van der Waals surface area contributed by atoms with E-state index in [-0.39, 0.29) is 5.78 Å². The Kier molecular flexibility index (Phi) is 4.72. The number of aromatic nitrogens is 2. The number of aryl methyl sites for hydroxylation is 1. The monoisotopic (exact) mass is 424 g/mol. The molecular weight excluding hydrogens is 404 g/mol. The molecule has 0 radical (unpaired) electrons. The quantitative estimate of drug-likeness (QED) is 0.656. The minimum atomic E-state index is -1.14. The number of carbonyl (C=O) groups is 1. The van der Waals surface area contributed by atoms with Crippen LogP contribution in [0.25, 0.3) is 11.1 Å². The van der Waals surface area contributed by atoms with E-state index in [0.29, 0.717) is 27.7 Å². The van der Waals surface area contributed by atoms with Crippen molar-refractivity contribution in [3.8, 4) is 11.1 Å². The fourth-order valence-electron chi connectivity index (χ4n) is 4.29. The molecule has 0 aliphatic carbocycles. The Labute approximate surface area is 178 Å². The normalized spacial score (nSPS) is 20.9. The molecule has 0 amide bonds. The molecule has 2 N–H and O–H groups in total. The number of hydrogen-bond donors (Lipinski definition) is 2. The Balaban J connectivity index is 1.51. The summed E-state index contributed by atoms with van der Waals surface area (Å²) in [5.74, 6) is -1.14. The van der Waals surface area contributed by atoms with E-state index in [4.69, 9.17) is 16.2 Å². The maximum Gasteiger partial charge on any atom is 0.178 e. The summed E-state index contributed by atoms with van der Waals surface area (Å²) in [7, 11) is 0. The third-order valence-corrected chi connectivity index (χ3v) is 6.22. The maximum atomic E-state index is 13.2. The van der Waals surface area contributed by atoms with E-state index in [9.17, 15) is 9.90 Å². The Hall–Kier alpha value is -2.90. The fourth-order valence-corrected chi connectivity index (χ4v) is 4.57. The van der Waals surface area contributed by atoms with Gasteiger partial charge in [-0.05, 0) is 49.6 Å². The van der Waals surface area contributed by atoms with E-state index < -0.39 is 12.1 Å². The maximum absolute atomic E-state index is 13.2. The van der Waals surface area contributed by atoms with E-state index in [1.54, 1.807) is 19.1 Å². The highest BCUT2D eigenvalue weighted by atomic mass is 35.5. The molecule has 154 valence electrons. The first-order valence-electron chi connectivity index (χ1n) is 10.00. The van der Waals surface area contributed by atoms with Crippen LogP contribution in [-0.4, -0.2) is 40.5 Å². The zero-order valence-electron chi connectivity index (χ0n) is 16.4. The number of ketones is 1. The molecule has 1 saturated heterocycles. The highest BCUT2D eigenvalue weighted by Gasteiger charge is 2.39. The summed E-state index contributed by atoms with van der Waals surface area (Å²) in [5.41, 5.74) is 4.65. The van der Waals surface area contributed by atoms with E-state index in [1.807, 2.05) is 12.1 Å². The molecular formula is C22H21ClN4O3. The van der Waals surface area contributed by atoms with E-state index in [1.165, 1.54) is 18.5 Å². The molecule has 1 aromatic heterocycles. The summed E-state index contributed by atoms with van der Waals surface area (Å²) < 4.78 is 4.73. The zero-order chi connectivity index (χ0) is 20.8. The molecule has 2 atom stereocenters. The van der Waals surface area contributed by atoms with Gasteiger partial charge in [-0.15, -0.1) is 0 Å². The molecule has 8 heteroatoms. The van der Waals surface area contributed by atoms with Crippen molar-refractivity contribution in [3.05, 3.63) is 58.4 Å². The molecule has 0 bridgehead atoms. The first kappa shape index (κ1) is 19.1. The Morgan fingerprint density at radius 1 is 1.13 bits per heavy atom. The minimum absolute atomic E-state index is 0.248. The highest BCUT2D eigenvalue weighted by molar-refractivity contribution is 6.34. The number of aliphatic hydroxyl groups excluding tert-OH is 1. The van der Waals surface area contributed by atoms with Gasteiger partial charge >= 0.3 is 0 Å². The van der Waals surface area contributed by atoms with Crippen molar-refractivity contribution in [1.29, 1.82) is 0 Å². The smallest absolute Gasteiger partial charge is 0.178 e. The van der Waals surface area contributed by atoms with Gasteiger partial charge in [0.25, 0.3) is 0 Å². The highest BCUT2D eigenvalue weighted by Crippen LogP contribution is 2.40. The molecule has 2 aliphatic heterocycles. The molecule has 2 unspecified atom stereocenters. The van der Waals surface area contributed by atoms with Crippen LogP contribution in [0, 0.1) is 6.92 Å². The van der Waals surface area contributed by atoms with Gasteiger partial charge in [0.1, 0.15) is 23.5 Å². The van der Waals surface area contributed by atoms with Crippen LogP contribution in [0.1, 0.15) is 40.5 Å². The lowest BCUT2D eigenvalue weighted by molar-refractivity contribution is 0.0826. The van der Waals surface area contributed by atoms with Crippen molar-refractivity contribution in [1.82, 2.24) is 10.3 Å². The average molecular weight is 425 g/mol. The Bertz CT molecular complexity index is 1110. The first-order chi connectivity index (χ1) is 14.5. The van der Waals surface area contributed by atoms with E-state index in [0.717, 1.165) is 24.2 Å². The number of rotatable bonds is 3. The van der Waals surface area contributed by atoms with Gasteiger partial charge in [-0.1, -0.05) is 34.0 Å². The van der Waals surface area contributed by atoms with Crippen molar-refractivity contribution in [3.63, 3.8) is 0 Å². The van der Waals surface area contributed by atoms with Crippen LogP contribution in [0.3, 0.4) is 0 Å². The lowest BCUT2D eigenvalue weighted by Gasteiger charge is -2.29. The predicted octanol–water partition coefficient (Wildman–Crippen LogP) is 4.01. The van der Waals surface area contributed by atoms with Gasteiger partial charge in [-0.2, -0.15) is 0 Å². The van der Waals surface area contributed by atoms with Gasteiger partial charge in [0.05, 0.1) is 5.02 Å². The fraction of sp³-hybridized carbons (Fsp3) is 0.318. The lowest BCUT2D eigenvalue weighted by Crippen LogP contribution is -2.38. The van der Waals surface area contributed by atoms with Crippen molar-refractivity contribution >= 4 is 28.8 Å². The standard InChI is InChI=1S/C22H21ClN4O3/c1-12-20(26-30-25-12)19-21(28)16-10-15(17(23)11-18(16)24-22(19)29)13-4-6-14(7-5-13)27-8-2-3-9-27/h4-7,10-11,19,22,24,29H,2-3,8-9H2,1H3. The summed E-state index contributed by atoms with van der Waals surface area (Å²) >= 11 is 6.54. The number of benzene rings is 2. The van der Waals surface area contributed by atoms with E-state index in [2.05, 4.69) is 32.7 Å². The second-order valence-electron chi connectivity index (χ2n) is 7.78. The molecule has 3 heterocycles. The van der Waals surface area contributed by atoms with Crippen LogP contribution < -0.4 is 10.2 Å². The lowest BCUT2D eigenvalue weighted by atomic mass is 9.86. The number of nitrogens with zero attached hydrogens (tertiary/aromatic N) is 3. The average Bonchev–Trinajstić information content (AvgIpc) is 3.40. The summed E-state index contributed by atoms with van der Waals surface area (Å²) in [6.45, 7) is 3.86. The molecule has 2 aliphatic rings. The van der Waals surface area contributed by atoms with Crippen molar-refractivity contribution in [2.75, 3.05) is 23.3 Å². The first-order valence-corrected chi connectivity index (χ1v) is 10.4. The molecule has 0 spiro atoms. The van der Waals surface area contributed by atoms with Crippen LogP contribution in [0.15, 0.2) is 41.0 Å². The predicted molar refractivity (Wildman–Crippen MR) is 114 cm³/mol. The number of fused-ring (bicyclic) bond motifs is 1. The second-order valence-corrected chi connectivity index (χ2v) is 8.19. The van der Waals surface area contributed by atoms with Gasteiger partial charge in [0.2, 0.25) is 0 Å². The second kappa shape index (κ2) is 7.41. The Morgan fingerprint density at radius 3 is 2.53 bits per heavy atom. The summed E-state index contributed by atoms with van der Waals surface area (Å²) in [6.07, 6.45) is 1.31. The summed E-state index contributed by atoms with van der Waals surface area (Å²) in [4.78, 5) is 15.6. The molecule has 30 heavy (non-hydrogen) atoms. The number of carbonyl (C=O) groups excluding carboxylic acids is 1. The largest absolute Gasteiger partial charge is 0.373 e. The molecule has 3 aromatic rings. The summed E-state index contributed by atoms with van der Waals surface area (Å²) in [5, 5.41) is 21.5. The van der Waals surface area contributed by atoms with Gasteiger partial charge in [-0.25, -0.2) is 4.63 Å². The van der Waals surface area contributed by atoms with Crippen LogP contribution in [0.2, 0.25) is 5.02 Å². The van der Waals surface area contributed by atoms with Crippen LogP contribution in [-0.2, 0) is 0 Å². The molecule has 7 nitrogen and oxygen atoms in total. The molecule has 2 aromatic carbocycles. The third kappa shape index (κ3) is 3.14. The van der Waals surface area contributed by atoms with Gasteiger partial charge in [0, 0.05) is 35.6 Å². The molecule has 5 rings (SSSR count). The van der Waals surface area contributed by atoms with Crippen molar-refractivity contribution < 1.29 is 14.5 Å². The number of hydrogen-bond acceptors (Lipinski definition) is 7. The number of nitrogens with one attached hydrogen (secondary N) is 1. The SMILES string of the molecule is Cc1nonc1C1C(=O)c2cc(-c3ccc(N4CCCC4)cc3)c(Cl)cc2NC1O. The van der Waals surface area contributed by atoms with Gasteiger partial charge in [0.15, 0.2) is 5.78 Å². The third-order valence-electron chi connectivity index (χ3n) is 5.91. The number of anilines is 2. The molecule has 1 fully saturated rings. The minimum Gasteiger partial charge on any atom is -0.373 e.